The number of hydrogen-bond donors (Lipinski definition) is 2. The van der Waals surface area contributed by atoms with E-state index < -0.39 is 0 Å². The molecule has 0 saturated carbocycles. The predicted molar refractivity (Wildman–Crippen MR) is 76.2 cm³/mol. The number of rotatable bonds is 5. The Bertz CT molecular complexity index is 328. The van der Waals surface area contributed by atoms with E-state index in [-0.39, 0.29) is 0 Å². The lowest BCUT2D eigenvalue weighted by atomic mass is 10.0. The highest BCUT2D eigenvalue weighted by Crippen LogP contribution is 2.03. The zero-order chi connectivity index (χ0) is 12.8. The van der Waals surface area contributed by atoms with E-state index in [2.05, 4.69) is 44.2 Å². The minimum atomic E-state index is 0.809. The summed E-state index contributed by atoms with van der Waals surface area (Å²) >= 11 is 0. The van der Waals surface area contributed by atoms with Crippen molar-refractivity contribution in [1.29, 1.82) is 0 Å². The molecular formula is C16H28N2+2. The van der Waals surface area contributed by atoms with Crippen molar-refractivity contribution in [1.82, 2.24) is 0 Å². The minimum absolute atomic E-state index is 0.809. The van der Waals surface area contributed by atoms with E-state index in [1.165, 1.54) is 51.1 Å². The Hall–Kier alpha value is -0.860. The summed E-state index contributed by atoms with van der Waals surface area (Å²) in [7, 11) is 0. The van der Waals surface area contributed by atoms with Crippen LogP contribution in [0.15, 0.2) is 30.3 Å². The Balaban J connectivity index is 1.73. The maximum atomic E-state index is 2.43. The second-order valence-corrected chi connectivity index (χ2v) is 5.69. The molecule has 1 aliphatic heterocycles. The number of likely N-dealkylation sites (N-methyl/N-ethyl adjacent to an activating group) is 1. The molecule has 0 aliphatic carbocycles. The van der Waals surface area contributed by atoms with Gasteiger partial charge in [0.2, 0.25) is 0 Å². The summed E-state index contributed by atoms with van der Waals surface area (Å²) in [5.74, 6) is 0. The first-order valence-corrected chi connectivity index (χ1v) is 7.51. The largest absolute Gasteiger partial charge is 0.326 e. The van der Waals surface area contributed by atoms with Crippen molar-refractivity contribution in [3.8, 4) is 0 Å². The molecule has 1 heterocycles. The molecule has 1 atom stereocenters. The molecule has 2 rings (SSSR count). The van der Waals surface area contributed by atoms with Gasteiger partial charge in [0.15, 0.2) is 0 Å². The molecule has 0 spiro atoms. The lowest BCUT2D eigenvalue weighted by molar-refractivity contribution is -1.02. The lowest BCUT2D eigenvalue weighted by Gasteiger charge is -2.32. The van der Waals surface area contributed by atoms with E-state index >= 15 is 0 Å². The third kappa shape index (κ3) is 3.82. The third-order valence-electron chi connectivity index (χ3n) is 4.51. The van der Waals surface area contributed by atoms with Crippen LogP contribution in [0.2, 0.25) is 0 Å². The van der Waals surface area contributed by atoms with Crippen LogP contribution in [0.3, 0.4) is 0 Å². The molecule has 0 unspecified atom stereocenters. The monoisotopic (exact) mass is 248 g/mol. The van der Waals surface area contributed by atoms with Crippen molar-refractivity contribution in [3.05, 3.63) is 35.9 Å². The molecule has 0 amide bonds. The Morgan fingerprint density at radius 3 is 2.33 bits per heavy atom. The topological polar surface area (TPSA) is 8.88 Å². The Morgan fingerprint density at radius 1 is 1.06 bits per heavy atom. The van der Waals surface area contributed by atoms with Crippen LogP contribution in [0.25, 0.3) is 0 Å². The van der Waals surface area contributed by atoms with E-state index in [1.54, 1.807) is 4.90 Å². The van der Waals surface area contributed by atoms with E-state index in [0.29, 0.717) is 0 Å². The zero-order valence-corrected chi connectivity index (χ0v) is 11.9. The van der Waals surface area contributed by atoms with E-state index in [1.807, 2.05) is 4.90 Å². The summed E-state index contributed by atoms with van der Waals surface area (Å²) in [5, 5.41) is 0. The SMILES string of the molecule is CC[NH+]1CC[NH+]([C@H](C)CCc2ccccc2)CC1. The van der Waals surface area contributed by atoms with E-state index in [9.17, 15) is 0 Å². The van der Waals surface area contributed by atoms with Gasteiger partial charge in [0.1, 0.15) is 26.2 Å². The van der Waals surface area contributed by atoms with Crippen molar-refractivity contribution < 1.29 is 9.80 Å². The molecule has 1 aromatic rings. The van der Waals surface area contributed by atoms with Gasteiger partial charge in [0.25, 0.3) is 0 Å². The van der Waals surface area contributed by atoms with Crippen LogP contribution in [0.5, 0.6) is 0 Å². The second-order valence-electron chi connectivity index (χ2n) is 5.69. The van der Waals surface area contributed by atoms with Gasteiger partial charge >= 0.3 is 0 Å². The van der Waals surface area contributed by atoms with Crippen molar-refractivity contribution in [2.45, 2.75) is 32.7 Å². The molecule has 2 nitrogen and oxygen atoms in total. The fraction of sp³-hybridized carbons (Fsp3) is 0.625. The van der Waals surface area contributed by atoms with Gasteiger partial charge in [-0.1, -0.05) is 30.3 Å². The van der Waals surface area contributed by atoms with Crippen molar-refractivity contribution in [2.75, 3.05) is 32.7 Å². The Morgan fingerprint density at radius 2 is 1.72 bits per heavy atom. The first kappa shape index (κ1) is 13.6. The Labute approximate surface area is 112 Å². The first-order chi connectivity index (χ1) is 8.79. The van der Waals surface area contributed by atoms with Crippen LogP contribution in [0.4, 0.5) is 0 Å². The number of aryl methyl sites for hydroxylation is 1. The number of quaternary nitrogens is 2. The van der Waals surface area contributed by atoms with Crippen molar-refractivity contribution >= 4 is 0 Å². The van der Waals surface area contributed by atoms with Gasteiger partial charge in [0, 0.05) is 6.42 Å². The van der Waals surface area contributed by atoms with Crippen molar-refractivity contribution in [3.63, 3.8) is 0 Å². The summed E-state index contributed by atoms with van der Waals surface area (Å²) < 4.78 is 0. The molecular weight excluding hydrogens is 220 g/mol. The second kappa shape index (κ2) is 6.91. The number of piperazine rings is 1. The van der Waals surface area contributed by atoms with Crippen LogP contribution in [-0.4, -0.2) is 38.8 Å². The fourth-order valence-electron chi connectivity index (χ4n) is 3.00. The summed E-state index contributed by atoms with van der Waals surface area (Å²) in [5.41, 5.74) is 1.49. The van der Waals surface area contributed by atoms with Gasteiger partial charge in [-0.15, -0.1) is 0 Å². The highest BCUT2D eigenvalue weighted by atomic mass is 15.3. The molecule has 2 heteroatoms. The molecule has 1 saturated heterocycles. The fourth-order valence-corrected chi connectivity index (χ4v) is 3.00. The average Bonchev–Trinajstić information content (AvgIpc) is 2.46. The van der Waals surface area contributed by atoms with Gasteiger partial charge in [-0.25, -0.2) is 0 Å². The molecule has 0 aromatic heterocycles. The average molecular weight is 248 g/mol. The zero-order valence-electron chi connectivity index (χ0n) is 11.9. The normalized spacial score (nSPS) is 25.9. The molecule has 2 N–H and O–H groups in total. The Kier molecular flexibility index (Phi) is 5.21. The van der Waals surface area contributed by atoms with Crippen LogP contribution in [0, 0.1) is 0 Å². The number of nitrogens with one attached hydrogen (secondary N) is 2. The molecule has 1 aliphatic rings. The lowest BCUT2D eigenvalue weighted by Crippen LogP contribution is -3.29. The van der Waals surface area contributed by atoms with Crippen LogP contribution < -0.4 is 9.80 Å². The molecule has 0 radical (unpaired) electrons. The number of benzene rings is 1. The van der Waals surface area contributed by atoms with Gasteiger partial charge in [-0.3, -0.25) is 0 Å². The van der Waals surface area contributed by atoms with Gasteiger partial charge in [-0.05, 0) is 25.8 Å². The summed E-state index contributed by atoms with van der Waals surface area (Å²) in [4.78, 5) is 3.61. The molecule has 1 fully saturated rings. The third-order valence-corrected chi connectivity index (χ3v) is 4.51. The molecule has 100 valence electrons. The first-order valence-electron chi connectivity index (χ1n) is 7.51. The maximum absolute atomic E-state index is 2.43. The van der Waals surface area contributed by atoms with E-state index in [0.717, 1.165) is 6.04 Å². The summed E-state index contributed by atoms with van der Waals surface area (Å²) in [6.07, 6.45) is 2.55. The predicted octanol–water partition coefficient (Wildman–Crippen LogP) is -0.189. The van der Waals surface area contributed by atoms with Crippen LogP contribution in [-0.2, 0) is 6.42 Å². The van der Waals surface area contributed by atoms with E-state index in [4.69, 9.17) is 0 Å². The van der Waals surface area contributed by atoms with Crippen molar-refractivity contribution in [2.24, 2.45) is 0 Å². The smallest absolute Gasteiger partial charge is 0.127 e. The summed E-state index contributed by atoms with van der Waals surface area (Å²) in [6.45, 7) is 11.5. The maximum Gasteiger partial charge on any atom is 0.127 e. The van der Waals surface area contributed by atoms with Crippen LogP contribution in [0.1, 0.15) is 25.8 Å². The van der Waals surface area contributed by atoms with Gasteiger partial charge in [0.05, 0.1) is 12.6 Å². The quantitative estimate of drug-likeness (QED) is 0.715. The molecule has 0 bridgehead atoms. The summed E-state index contributed by atoms with van der Waals surface area (Å²) in [6, 6.07) is 11.7. The molecule has 1 aromatic carbocycles. The van der Waals surface area contributed by atoms with Gasteiger partial charge in [-0.2, -0.15) is 0 Å². The van der Waals surface area contributed by atoms with Crippen LogP contribution >= 0.6 is 0 Å². The highest BCUT2D eigenvalue weighted by molar-refractivity contribution is 5.14. The minimum Gasteiger partial charge on any atom is -0.326 e. The molecule has 18 heavy (non-hydrogen) atoms. The highest BCUT2D eigenvalue weighted by Gasteiger charge is 2.25. The standard InChI is InChI=1S/C16H26N2/c1-3-17-11-13-18(14-12-17)15(2)9-10-16-7-5-4-6-8-16/h4-8,15H,3,9-14H2,1-2H3/p+2/t15-/m1/s1. The number of hydrogen-bond acceptors (Lipinski definition) is 0. The van der Waals surface area contributed by atoms with Gasteiger partial charge < -0.3 is 9.80 Å².